The van der Waals surface area contributed by atoms with E-state index in [-0.39, 0.29) is 5.41 Å². The Balaban J connectivity index is 2.24. The van der Waals surface area contributed by atoms with Crippen molar-refractivity contribution >= 4 is 0 Å². The molecule has 1 fully saturated rings. The smallest absolute Gasteiger partial charge is 0.0730 e. The van der Waals surface area contributed by atoms with Crippen molar-refractivity contribution in [1.82, 2.24) is 15.0 Å². The molecule has 0 atom stereocenters. The van der Waals surface area contributed by atoms with Gasteiger partial charge in [-0.25, -0.2) is 4.68 Å². The molecule has 0 aromatic carbocycles. The molecule has 4 nitrogen and oxygen atoms in total. The van der Waals surface area contributed by atoms with Gasteiger partial charge in [-0.05, 0) is 12.8 Å². The Morgan fingerprint density at radius 1 is 1.33 bits per heavy atom. The van der Waals surface area contributed by atoms with Crippen LogP contribution in [-0.2, 0) is 10.2 Å². The summed E-state index contributed by atoms with van der Waals surface area (Å²) in [5, 5.41) is 8.25. The van der Waals surface area contributed by atoms with E-state index in [4.69, 9.17) is 4.74 Å². The molecule has 2 heterocycles. The second-order valence-corrected chi connectivity index (χ2v) is 5.16. The van der Waals surface area contributed by atoms with Gasteiger partial charge in [-0.1, -0.05) is 26.0 Å². The van der Waals surface area contributed by atoms with Gasteiger partial charge in [0.15, 0.2) is 0 Å². The molecule has 0 bridgehead atoms. The van der Waals surface area contributed by atoms with Crippen LogP contribution in [0.2, 0.25) is 0 Å². The fourth-order valence-corrected chi connectivity index (χ4v) is 1.98. The third-order valence-corrected chi connectivity index (χ3v) is 2.88. The summed E-state index contributed by atoms with van der Waals surface area (Å²) in [6.45, 7) is 8.27. The molecular formula is C11H19N3O. The van der Waals surface area contributed by atoms with E-state index in [1.807, 2.05) is 6.20 Å². The number of aromatic nitrogens is 3. The second kappa shape index (κ2) is 3.93. The predicted molar refractivity (Wildman–Crippen MR) is 57.8 cm³/mol. The van der Waals surface area contributed by atoms with Crippen molar-refractivity contribution in [3.8, 4) is 0 Å². The number of rotatable bonds is 1. The summed E-state index contributed by atoms with van der Waals surface area (Å²) < 4.78 is 7.45. The van der Waals surface area contributed by atoms with Crippen molar-refractivity contribution < 1.29 is 4.74 Å². The lowest BCUT2D eigenvalue weighted by molar-refractivity contribution is 0.0641. The number of ether oxygens (including phenoxy) is 1. The minimum atomic E-state index is 0.113. The Hall–Kier alpha value is -0.900. The molecule has 0 saturated carbocycles. The number of nitrogens with zero attached hydrogens (tertiary/aromatic N) is 3. The Kier molecular flexibility index (Phi) is 2.78. The topological polar surface area (TPSA) is 39.9 Å². The lowest BCUT2D eigenvalue weighted by atomic mass is 9.92. The Bertz CT molecular complexity index is 321. The van der Waals surface area contributed by atoms with Crippen LogP contribution in [0.3, 0.4) is 0 Å². The maximum Gasteiger partial charge on any atom is 0.0730 e. The highest BCUT2D eigenvalue weighted by Gasteiger charge is 2.25. The Morgan fingerprint density at radius 2 is 2.00 bits per heavy atom. The summed E-state index contributed by atoms with van der Waals surface area (Å²) in [5.74, 6) is 0. The van der Waals surface area contributed by atoms with Crippen LogP contribution in [0.1, 0.15) is 45.3 Å². The van der Waals surface area contributed by atoms with Crippen molar-refractivity contribution in [2.45, 2.75) is 45.1 Å². The third-order valence-electron chi connectivity index (χ3n) is 2.88. The molecule has 0 radical (unpaired) electrons. The minimum absolute atomic E-state index is 0.113. The second-order valence-electron chi connectivity index (χ2n) is 5.16. The van der Waals surface area contributed by atoms with Gasteiger partial charge in [0.1, 0.15) is 0 Å². The largest absolute Gasteiger partial charge is 0.381 e. The zero-order valence-corrected chi connectivity index (χ0v) is 9.73. The van der Waals surface area contributed by atoms with E-state index in [2.05, 4.69) is 35.8 Å². The van der Waals surface area contributed by atoms with Gasteiger partial charge >= 0.3 is 0 Å². The molecule has 1 aliphatic rings. The molecule has 1 aliphatic heterocycles. The zero-order valence-electron chi connectivity index (χ0n) is 9.73. The summed E-state index contributed by atoms with van der Waals surface area (Å²) in [7, 11) is 0. The fraction of sp³-hybridized carbons (Fsp3) is 0.818. The normalized spacial score (nSPS) is 19.4. The van der Waals surface area contributed by atoms with Gasteiger partial charge in [-0.3, -0.25) is 0 Å². The van der Waals surface area contributed by atoms with Crippen molar-refractivity contribution in [2.24, 2.45) is 0 Å². The van der Waals surface area contributed by atoms with Crippen molar-refractivity contribution in [1.29, 1.82) is 0 Å². The summed E-state index contributed by atoms with van der Waals surface area (Å²) >= 11 is 0. The van der Waals surface area contributed by atoms with E-state index in [1.165, 1.54) is 5.69 Å². The van der Waals surface area contributed by atoms with Crippen LogP contribution in [0.5, 0.6) is 0 Å². The molecule has 0 amide bonds. The average Bonchev–Trinajstić information content (AvgIpc) is 2.67. The van der Waals surface area contributed by atoms with Gasteiger partial charge in [0.25, 0.3) is 0 Å². The summed E-state index contributed by atoms with van der Waals surface area (Å²) in [6, 6.07) is 0.468. The SMILES string of the molecule is CC(C)(C)c1cnnn1C1CCOCC1. The lowest BCUT2D eigenvalue weighted by Crippen LogP contribution is -2.26. The minimum Gasteiger partial charge on any atom is -0.381 e. The van der Waals surface area contributed by atoms with E-state index in [0.29, 0.717) is 6.04 Å². The first kappa shape index (κ1) is 10.6. The highest BCUT2D eigenvalue weighted by molar-refractivity contribution is 5.09. The van der Waals surface area contributed by atoms with Gasteiger partial charge in [0, 0.05) is 18.6 Å². The van der Waals surface area contributed by atoms with Crippen LogP contribution in [0.15, 0.2) is 6.20 Å². The van der Waals surface area contributed by atoms with Crippen molar-refractivity contribution in [2.75, 3.05) is 13.2 Å². The van der Waals surface area contributed by atoms with Gasteiger partial charge in [-0.2, -0.15) is 0 Å². The van der Waals surface area contributed by atoms with Crippen LogP contribution in [-0.4, -0.2) is 28.2 Å². The molecule has 4 heteroatoms. The van der Waals surface area contributed by atoms with Crippen LogP contribution < -0.4 is 0 Å². The van der Waals surface area contributed by atoms with E-state index in [1.54, 1.807) is 0 Å². The van der Waals surface area contributed by atoms with E-state index >= 15 is 0 Å². The monoisotopic (exact) mass is 209 g/mol. The standard InChI is InChI=1S/C11H19N3O/c1-11(2,3)10-8-12-13-14(10)9-4-6-15-7-5-9/h8-9H,4-7H2,1-3H3. The fourth-order valence-electron chi connectivity index (χ4n) is 1.98. The summed E-state index contributed by atoms with van der Waals surface area (Å²) in [4.78, 5) is 0. The van der Waals surface area contributed by atoms with Gasteiger partial charge < -0.3 is 4.74 Å². The quantitative estimate of drug-likeness (QED) is 0.709. The number of hydrogen-bond acceptors (Lipinski definition) is 3. The molecular weight excluding hydrogens is 190 g/mol. The average molecular weight is 209 g/mol. The highest BCUT2D eigenvalue weighted by Crippen LogP contribution is 2.27. The molecule has 0 aliphatic carbocycles. The molecule has 15 heavy (non-hydrogen) atoms. The van der Waals surface area contributed by atoms with Crippen LogP contribution >= 0.6 is 0 Å². The van der Waals surface area contributed by atoms with Crippen molar-refractivity contribution in [3.05, 3.63) is 11.9 Å². The Morgan fingerprint density at radius 3 is 2.60 bits per heavy atom. The third kappa shape index (κ3) is 2.20. The molecule has 1 aromatic heterocycles. The molecule has 1 saturated heterocycles. The first-order valence-electron chi connectivity index (χ1n) is 5.57. The van der Waals surface area contributed by atoms with Gasteiger partial charge in [-0.15, -0.1) is 5.10 Å². The van der Waals surface area contributed by atoms with E-state index in [9.17, 15) is 0 Å². The highest BCUT2D eigenvalue weighted by atomic mass is 16.5. The van der Waals surface area contributed by atoms with Gasteiger partial charge in [0.05, 0.1) is 17.9 Å². The van der Waals surface area contributed by atoms with E-state index < -0.39 is 0 Å². The maximum absolute atomic E-state index is 5.36. The maximum atomic E-state index is 5.36. The molecule has 0 N–H and O–H groups in total. The summed E-state index contributed by atoms with van der Waals surface area (Å²) in [5.41, 5.74) is 1.33. The van der Waals surface area contributed by atoms with Crippen LogP contribution in [0.4, 0.5) is 0 Å². The first-order chi connectivity index (χ1) is 7.09. The summed E-state index contributed by atoms with van der Waals surface area (Å²) in [6.07, 6.45) is 3.98. The number of hydrogen-bond donors (Lipinski definition) is 0. The zero-order chi connectivity index (χ0) is 10.9. The van der Waals surface area contributed by atoms with Crippen molar-refractivity contribution in [3.63, 3.8) is 0 Å². The molecule has 0 spiro atoms. The first-order valence-corrected chi connectivity index (χ1v) is 5.57. The van der Waals surface area contributed by atoms with Gasteiger partial charge in [0.2, 0.25) is 0 Å². The molecule has 2 rings (SSSR count). The van der Waals surface area contributed by atoms with E-state index in [0.717, 1.165) is 26.1 Å². The van der Waals surface area contributed by atoms with Crippen LogP contribution in [0, 0.1) is 0 Å². The molecule has 1 aromatic rings. The Labute approximate surface area is 90.6 Å². The molecule has 84 valence electrons. The lowest BCUT2D eigenvalue weighted by Gasteiger charge is -2.27. The molecule has 0 unspecified atom stereocenters. The predicted octanol–water partition coefficient (Wildman–Crippen LogP) is 1.93. The van der Waals surface area contributed by atoms with Crippen LogP contribution in [0.25, 0.3) is 0 Å².